The van der Waals surface area contributed by atoms with Gasteiger partial charge in [0.2, 0.25) is 0 Å². The first-order chi connectivity index (χ1) is 3.00. The van der Waals surface area contributed by atoms with Crippen LogP contribution in [0.5, 0.6) is 0 Å². The van der Waals surface area contributed by atoms with E-state index in [1.54, 1.807) is 0 Å². The summed E-state index contributed by atoms with van der Waals surface area (Å²) in [5, 5.41) is 6.75. The van der Waals surface area contributed by atoms with Gasteiger partial charge >= 0.3 is 0 Å². The molecule has 0 bridgehead atoms. The molecule has 0 aliphatic heterocycles. The molecule has 0 aromatic carbocycles. The predicted molar refractivity (Wildman–Crippen MR) is 21.1 cm³/mol. The highest BCUT2D eigenvalue weighted by Gasteiger charge is 1.49. The van der Waals surface area contributed by atoms with Crippen molar-refractivity contribution < 1.29 is 28.6 Å². The quantitative estimate of drug-likeness (QED) is 0.198. The van der Waals surface area contributed by atoms with Gasteiger partial charge in [0.1, 0.15) is 0 Å². The van der Waals surface area contributed by atoms with Crippen LogP contribution in [0, 0.1) is 0 Å². The molecule has 0 aliphatic rings. The summed E-state index contributed by atoms with van der Waals surface area (Å²) in [6.07, 6.45) is 0. The standard InChI is InChI=1S/H4NO.H3N.H2O4S/c1-2;;1-5(2,3)4/h2H,1H3;1H3;(H2,1,2,3,4)/q+1;;/p-1. The minimum atomic E-state index is -5.17. The van der Waals surface area contributed by atoms with Crippen LogP contribution < -0.4 is 12.0 Å². The third kappa shape index (κ3) is 2080. The van der Waals surface area contributed by atoms with Crippen LogP contribution in [0.25, 0.3) is 0 Å². The highest BCUT2D eigenvalue weighted by atomic mass is 32.3. The lowest BCUT2D eigenvalue weighted by molar-refractivity contribution is -0.670. The number of hydrogen-bond acceptors (Lipinski definition) is 5. The van der Waals surface area contributed by atoms with Crippen LogP contribution >= 0.6 is 0 Å². The molecule has 0 saturated carbocycles. The normalized spacial score (nSPS) is 8.00. The first-order valence-electron chi connectivity index (χ1n) is 0.983. The van der Waals surface area contributed by atoms with E-state index in [1.165, 1.54) is 0 Å². The smallest absolute Gasteiger partial charge is 0.0311 e. The third-order valence-electron chi connectivity index (χ3n) is 0. The van der Waals surface area contributed by atoms with Crippen LogP contribution in [0.1, 0.15) is 0 Å². The molecule has 0 heterocycles. The molecule has 8 heavy (non-hydrogen) atoms. The highest BCUT2D eigenvalue weighted by Crippen LogP contribution is 1.57. The van der Waals surface area contributed by atoms with E-state index in [1.807, 2.05) is 0 Å². The van der Waals surface area contributed by atoms with Gasteiger partial charge in [-0.1, -0.05) is 0 Å². The fourth-order valence-electron chi connectivity index (χ4n) is 0. The fraction of sp³-hybridized carbons (Fsp3) is 0. The topological polar surface area (TPSA) is 165 Å². The van der Waals surface area contributed by atoms with Gasteiger partial charge in [0, 0.05) is 10.4 Å². The summed E-state index contributed by atoms with van der Waals surface area (Å²) < 4.78 is 34.1. The van der Waals surface area contributed by atoms with E-state index < -0.39 is 10.4 Å². The Kier molecular flexibility index (Phi) is 13.2. The number of quaternary nitrogens is 2. The summed E-state index contributed by atoms with van der Waals surface area (Å²) in [5.74, 6) is 2.25. The Hall–Kier alpha value is -0.250. The molecule has 0 spiro atoms. The van der Waals surface area contributed by atoms with Crippen molar-refractivity contribution in [2.24, 2.45) is 0 Å². The Morgan fingerprint density at radius 2 is 1.25 bits per heavy atom. The van der Waals surface area contributed by atoms with Crippen LogP contribution in [-0.2, 0) is 10.4 Å². The van der Waals surface area contributed by atoms with E-state index in [0.717, 1.165) is 0 Å². The Bertz CT molecular complexity index is 93.6. The second-order valence-corrected chi connectivity index (χ2v) is 1.22. The average molecular weight is 148 g/mol. The molecule has 0 amide bonds. The van der Waals surface area contributed by atoms with Gasteiger partial charge in [-0.05, 0) is 0 Å². The first kappa shape index (κ1) is 15.7. The van der Waals surface area contributed by atoms with Crippen molar-refractivity contribution in [3.8, 4) is 0 Å². The van der Waals surface area contributed by atoms with Crippen molar-refractivity contribution in [3.05, 3.63) is 0 Å². The summed E-state index contributed by atoms with van der Waals surface area (Å²) in [6, 6.07) is 0. The van der Waals surface area contributed by atoms with Crippen LogP contribution in [-0.4, -0.2) is 22.7 Å². The van der Waals surface area contributed by atoms with E-state index in [0.29, 0.717) is 0 Å². The van der Waals surface area contributed by atoms with Crippen LogP contribution in [0.3, 0.4) is 0 Å². The molecule has 8 heteroatoms. The summed E-state index contributed by atoms with van der Waals surface area (Å²) in [6.45, 7) is 0. The molecule has 7 nitrogen and oxygen atoms in total. The molecule has 0 rings (SSSR count). The van der Waals surface area contributed by atoms with E-state index in [2.05, 4.69) is 5.90 Å². The van der Waals surface area contributed by atoms with Gasteiger partial charge in [0.25, 0.3) is 0 Å². The maximum Gasteiger partial charge on any atom is 0.0311 e. The van der Waals surface area contributed by atoms with Gasteiger partial charge in [0.05, 0.1) is 0 Å². The van der Waals surface area contributed by atoms with Crippen LogP contribution in [0.2, 0.25) is 0 Å². The first-order valence-corrected chi connectivity index (χ1v) is 2.32. The largest absolute Gasteiger partial charge is 0.759 e. The zero-order valence-electron chi connectivity index (χ0n) is 4.20. The lowest BCUT2D eigenvalue weighted by Gasteiger charge is -2.06. The predicted octanol–water partition coefficient (Wildman–Crippen LogP) is -2.34. The second kappa shape index (κ2) is 6.75. The van der Waals surface area contributed by atoms with Crippen molar-refractivity contribution >= 4 is 10.4 Å². The second-order valence-electron chi connectivity index (χ2n) is 0.408. The molecule has 0 atom stereocenters. The Morgan fingerprint density at radius 3 is 1.25 bits per heavy atom. The summed E-state index contributed by atoms with van der Waals surface area (Å²) in [4.78, 5) is 0. The molecule has 0 fully saturated rings. The van der Waals surface area contributed by atoms with Gasteiger partial charge in [-0.15, -0.1) is 0 Å². The van der Waals surface area contributed by atoms with Crippen molar-refractivity contribution in [3.63, 3.8) is 0 Å². The molecule has 0 radical (unpaired) electrons. The van der Waals surface area contributed by atoms with Crippen molar-refractivity contribution in [2.75, 3.05) is 0 Å². The lowest BCUT2D eigenvalue weighted by atomic mass is 13.6. The van der Waals surface area contributed by atoms with Gasteiger partial charge < -0.3 is 15.3 Å². The average Bonchev–Trinajstić information content (AvgIpc) is 1.36. The fourth-order valence-corrected chi connectivity index (χ4v) is 0. The highest BCUT2D eigenvalue weighted by molar-refractivity contribution is 7.79. The van der Waals surface area contributed by atoms with E-state index in [-0.39, 0.29) is 6.15 Å². The van der Waals surface area contributed by atoms with Gasteiger partial charge in [-0.25, -0.2) is 11.1 Å². The zero-order valence-corrected chi connectivity index (χ0v) is 5.01. The number of hydrogen-bond donors (Lipinski definition) is 3. The minimum absolute atomic E-state index is 0. The van der Waals surface area contributed by atoms with E-state index >= 15 is 0 Å². The lowest BCUT2D eigenvalue weighted by Crippen LogP contribution is -2.42. The molecule has 8 N–H and O–H groups in total. The molecular weight excluding hydrogens is 140 g/mol. The summed E-state index contributed by atoms with van der Waals surface area (Å²) >= 11 is 0. The van der Waals surface area contributed by atoms with Gasteiger partial charge in [0.15, 0.2) is 0 Å². The molecule has 54 valence electrons. The van der Waals surface area contributed by atoms with Crippen LogP contribution in [0.4, 0.5) is 0 Å². The summed E-state index contributed by atoms with van der Waals surface area (Å²) in [5.41, 5.74) is 0. The molecular formula is H8N2O5S. The Morgan fingerprint density at radius 1 is 1.25 bits per heavy atom. The molecule has 0 aliphatic carbocycles. The van der Waals surface area contributed by atoms with Crippen LogP contribution in [0.15, 0.2) is 0 Å². The van der Waals surface area contributed by atoms with Crippen molar-refractivity contribution in [1.82, 2.24) is 6.15 Å². The maximum absolute atomic E-state index is 8.52. The van der Waals surface area contributed by atoms with E-state index in [9.17, 15) is 0 Å². The Labute approximate surface area is 46.2 Å². The van der Waals surface area contributed by atoms with Crippen molar-refractivity contribution in [1.29, 1.82) is 0 Å². The molecule has 0 aromatic heterocycles. The van der Waals surface area contributed by atoms with E-state index in [4.69, 9.17) is 22.7 Å². The molecule has 0 unspecified atom stereocenters. The summed E-state index contributed by atoms with van der Waals surface area (Å²) in [7, 11) is -5.17. The van der Waals surface area contributed by atoms with Gasteiger partial charge in [-0.3, -0.25) is 8.42 Å². The number of rotatable bonds is 0. The molecule has 0 saturated heterocycles. The van der Waals surface area contributed by atoms with Crippen molar-refractivity contribution in [2.45, 2.75) is 0 Å². The zero-order chi connectivity index (χ0) is 6.50. The van der Waals surface area contributed by atoms with Gasteiger partial charge in [-0.2, -0.15) is 0 Å². The SMILES string of the molecule is O=S(=O)([O-])[O-].[NH3+]O.[NH4+]. The maximum atomic E-state index is 8.52. The Balaban J connectivity index is -0.0000000750. The third-order valence-corrected chi connectivity index (χ3v) is 0. The monoisotopic (exact) mass is 148 g/mol. The molecule has 0 aromatic rings. The minimum Gasteiger partial charge on any atom is -0.759 e.